The van der Waals surface area contributed by atoms with Crippen molar-refractivity contribution in [2.75, 3.05) is 0 Å². The smallest absolute Gasteiger partial charge is 0.0763 e. The van der Waals surface area contributed by atoms with Crippen molar-refractivity contribution in [3.63, 3.8) is 0 Å². The van der Waals surface area contributed by atoms with E-state index in [-0.39, 0.29) is 0 Å². The Labute approximate surface area is 73.3 Å². The number of hydrogen-bond donors (Lipinski definition) is 1. The lowest BCUT2D eigenvalue weighted by Gasteiger charge is -2.08. The highest BCUT2D eigenvalue weighted by Crippen LogP contribution is 2.16. The van der Waals surface area contributed by atoms with Gasteiger partial charge >= 0.3 is 0 Å². The highest BCUT2D eigenvalue weighted by molar-refractivity contribution is 5.19. The van der Waals surface area contributed by atoms with E-state index in [1.54, 1.807) is 13.1 Å². The number of rotatable bonds is 2. The van der Waals surface area contributed by atoms with E-state index < -0.39 is 6.10 Å². The summed E-state index contributed by atoms with van der Waals surface area (Å²) < 4.78 is 0. The molecule has 0 radical (unpaired) electrons. The Morgan fingerprint density at radius 1 is 1.33 bits per heavy atom. The lowest BCUT2D eigenvalue weighted by Crippen LogP contribution is -1.97. The maximum Gasteiger partial charge on any atom is 0.0763 e. The second kappa shape index (κ2) is 3.68. The first-order valence-electron chi connectivity index (χ1n) is 4.25. The number of aliphatic hydroxyl groups excluding tert-OH is 1. The summed E-state index contributed by atoms with van der Waals surface area (Å²) in [5, 5.41) is 9.30. The Morgan fingerprint density at radius 3 is 2.50 bits per heavy atom. The molecule has 0 aromatic carbocycles. The van der Waals surface area contributed by atoms with Crippen LogP contribution in [0.25, 0.3) is 0 Å². The minimum atomic E-state index is -0.398. The van der Waals surface area contributed by atoms with Gasteiger partial charge in [-0.1, -0.05) is 13.8 Å². The Kier molecular flexibility index (Phi) is 2.82. The van der Waals surface area contributed by atoms with Crippen molar-refractivity contribution in [3.8, 4) is 0 Å². The van der Waals surface area contributed by atoms with Gasteiger partial charge in [-0.25, -0.2) is 0 Å². The molecule has 66 valence electrons. The maximum absolute atomic E-state index is 9.30. The van der Waals surface area contributed by atoms with Gasteiger partial charge in [0.2, 0.25) is 0 Å². The molecule has 0 saturated carbocycles. The normalized spacial score (nSPS) is 13.4. The van der Waals surface area contributed by atoms with Gasteiger partial charge in [-0.2, -0.15) is 0 Å². The van der Waals surface area contributed by atoms with Crippen LogP contribution in [0.4, 0.5) is 0 Å². The van der Waals surface area contributed by atoms with Crippen molar-refractivity contribution < 1.29 is 5.11 Å². The van der Waals surface area contributed by atoms with Gasteiger partial charge in [-0.15, -0.1) is 0 Å². The largest absolute Gasteiger partial charge is 0.389 e. The van der Waals surface area contributed by atoms with Crippen molar-refractivity contribution in [1.82, 2.24) is 4.98 Å². The topological polar surface area (TPSA) is 33.1 Å². The fraction of sp³-hybridized carbons (Fsp3) is 0.500. The second-order valence-corrected chi connectivity index (χ2v) is 3.34. The first-order chi connectivity index (χ1) is 5.61. The standard InChI is InChI=1S/C10H15NO/c1-7(2)10-6-9(8(3)12)4-5-11-10/h4-8,12H,1-3H3. The van der Waals surface area contributed by atoms with Crippen LogP contribution >= 0.6 is 0 Å². The van der Waals surface area contributed by atoms with E-state index in [9.17, 15) is 5.11 Å². The second-order valence-electron chi connectivity index (χ2n) is 3.34. The predicted octanol–water partition coefficient (Wildman–Crippen LogP) is 2.26. The summed E-state index contributed by atoms with van der Waals surface area (Å²) in [6.45, 7) is 5.95. The Bertz CT molecular complexity index is 233. The lowest BCUT2D eigenvalue weighted by molar-refractivity contribution is 0.199. The molecule has 0 bridgehead atoms. The highest BCUT2D eigenvalue weighted by atomic mass is 16.3. The molecule has 0 spiro atoms. The zero-order chi connectivity index (χ0) is 9.14. The minimum Gasteiger partial charge on any atom is -0.389 e. The molecule has 1 rings (SSSR count). The van der Waals surface area contributed by atoms with Gasteiger partial charge in [0.1, 0.15) is 0 Å². The lowest BCUT2D eigenvalue weighted by atomic mass is 10.1. The van der Waals surface area contributed by atoms with E-state index in [1.165, 1.54) is 0 Å². The molecule has 1 aromatic heterocycles. The monoisotopic (exact) mass is 165 g/mol. The number of hydrogen-bond acceptors (Lipinski definition) is 2. The summed E-state index contributed by atoms with van der Waals surface area (Å²) >= 11 is 0. The van der Waals surface area contributed by atoms with Crippen LogP contribution in [0.15, 0.2) is 18.3 Å². The molecule has 1 aromatic rings. The van der Waals surface area contributed by atoms with Crippen LogP contribution in [-0.2, 0) is 0 Å². The summed E-state index contributed by atoms with van der Waals surface area (Å²) in [6, 6.07) is 3.80. The molecule has 0 fully saturated rings. The molecule has 2 heteroatoms. The Hall–Kier alpha value is -0.890. The van der Waals surface area contributed by atoms with E-state index in [2.05, 4.69) is 18.8 Å². The third-order valence-electron chi connectivity index (χ3n) is 1.88. The first kappa shape index (κ1) is 9.20. The van der Waals surface area contributed by atoms with Gasteiger partial charge in [-0.05, 0) is 30.5 Å². The van der Waals surface area contributed by atoms with Gasteiger partial charge in [0.25, 0.3) is 0 Å². The van der Waals surface area contributed by atoms with Crippen LogP contribution in [0.2, 0.25) is 0 Å². The molecular weight excluding hydrogens is 150 g/mol. The Balaban J connectivity index is 2.96. The molecule has 0 amide bonds. The third-order valence-corrected chi connectivity index (χ3v) is 1.88. The molecule has 12 heavy (non-hydrogen) atoms. The summed E-state index contributed by atoms with van der Waals surface area (Å²) in [6.07, 6.45) is 1.35. The molecule has 1 N–H and O–H groups in total. The van der Waals surface area contributed by atoms with Crippen LogP contribution in [0.3, 0.4) is 0 Å². The molecule has 0 aliphatic rings. The molecule has 1 atom stereocenters. The van der Waals surface area contributed by atoms with E-state index in [0.717, 1.165) is 11.3 Å². The molecule has 0 aliphatic carbocycles. The summed E-state index contributed by atoms with van der Waals surface area (Å²) in [4.78, 5) is 4.21. The van der Waals surface area contributed by atoms with Crippen LogP contribution < -0.4 is 0 Å². The number of aromatic nitrogens is 1. The van der Waals surface area contributed by atoms with E-state index in [1.807, 2.05) is 12.1 Å². The van der Waals surface area contributed by atoms with Crippen molar-refractivity contribution in [3.05, 3.63) is 29.6 Å². The van der Waals surface area contributed by atoms with Gasteiger partial charge < -0.3 is 5.11 Å². The van der Waals surface area contributed by atoms with Crippen molar-refractivity contribution >= 4 is 0 Å². The minimum absolute atomic E-state index is 0.398. The quantitative estimate of drug-likeness (QED) is 0.729. The molecule has 0 saturated heterocycles. The van der Waals surface area contributed by atoms with Crippen LogP contribution in [0, 0.1) is 0 Å². The van der Waals surface area contributed by atoms with Crippen LogP contribution in [0.1, 0.15) is 44.1 Å². The fourth-order valence-electron chi connectivity index (χ4n) is 1.04. The third kappa shape index (κ3) is 2.05. The van der Waals surface area contributed by atoms with Gasteiger partial charge in [0.15, 0.2) is 0 Å². The zero-order valence-electron chi connectivity index (χ0n) is 7.78. The van der Waals surface area contributed by atoms with Gasteiger partial charge in [0.05, 0.1) is 6.10 Å². The zero-order valence-corrected chi connectivity index (χ0v) is 7.78. The molecule has 1 heterocycles. The van der Waals surface area contributed by atoms with Crippen molar-refractivity contribution in [1.29, 1.82) is 0 Å². The summed E-state index contributed by atoms with van der Waals surface area (Å²) in [5.41, 5.74) is 1.97. The summed E-state index contributed by atoms with van der Waals surface area (Å²) in [7, 11) is 0. The predicted molar refractivity (Wildman–Crippen MR) is 49.0 cm³/mol. The molecular formula is C10H15NO. The van der Waals surface area contributed by atoms with Gasteiger partial charge in [0, 0.05) is 11.9 Å². The molecule has 1 unspecified atom stereocenters. The number of nitrogens with zero attached hydrogens (tertiary/aromatic N) is 1. The van der Waals surface area contributed by atoms with E-state index in [4.69, 9.17) is 0 Å². The number of pyridine rings is 1. The average Bonchev–Trinajstić information content (AvgIpc) is 2.04. The van der Waals surface area contributed by atoms with E-state index >= 15 is 0 Å². The SMILES string of the molecule is CC(C)c1cc(C(C)O)ccn1. The fourth-order valence-corrected chi connectivity index (χ4v) is 1.04. The Morgan fingerprint density at radius 2 is 2.00 bits per heavy atom. The van der Waals surface area contributed by atoms with Crippen LogP contribution in [-0.4, -0.2) is 10.1 Å². The van der Waals surface area contributed by atoms with Gasteiger partial charge in [-0.3, -0.25) is 4.98 Å². The maximum atomic E-state index is 9.30. The van der Waals surface area contributed by atoms with Crippen molar-refractivity contribution in [2.24, 2.45) is 0 Å². The molecule has 0 aliphatic heterocycles. The van der Waals surface area contributed by atoms with Crippen LogP contribution in [0.5, 0.6) is 0 Å². The summed E-state index contributed by atoms with van der Waals surface area (Å²) in [5.74, 6) is 0.420. The van der Waals surface area contributed by atoms with E-state index in [0.29, 0.717) is 5.92 Å². The molecule has 2 nitrogen and oxygen atoms in total. The first-order valence-corrected chi connectivity index (χ1v) is 4.25. The number of aliphatic hydroxyl groups is 1. The van der Waals surface area contributed by atoms with Crippen molar-refractivity contribution in [2.45, 2.75) is 32.8 Å². The highest BCUT2D eigenvalue weighted by Gasteiger charge is 2.04. The average molecular weight is 165 g/mol.